The van der Waals surface area contributed by atoms with Crippen LogP contribution in [-0.4, -0.2) is 18.1 Å². The number of hydrogen-bond donors (Lipinski definition) is 1. The van der Waals surface area contributed by atoms with Gasteiger partial charge in [-0.25, -0.2) is 4.79 Å². The van der Waals surface area contributed by atoms with E-state index in [4.69, 9.17) is 10.5 Å². The van der Waals surface area contributed by atoms with E-state index in [1.807, 2.05) is 12.1 Å². The highest BCUT2D eigenvalue weighted by Gasteiger charge is 2.42. The first-order chi connectivity index (χ1) is 7.18. The summed E-state index contributed by atoms with van der Waals surface area (Å²) < 4.78 is 4.75. The molecule has 2 rings (SSSR count). The molecule has 15 heavy (non-hydrogen) atoms. The Morgan fingerprint density at radius 3 is 3.20 bits per heavy atom. The summed E-state index contributed by atoms with van der Waals surface area (Å²) in [5, 5.41) is 0. The van der Waals surface area contributed by atoms with Crippen LogP contribution < -0.4 is 5.73 Å². The SMILES string of the molecule is COC(=O)C1(N)CCCc2cccnc21. The van der Waals surface area contributed by atoms with Crippen LogP contribution >= 0.6 is 0 Å². The number of carbonyl (C=O) groups excluding carboxylic acids is 1. The van der Waals surface area contributed by atoms with Gasteiger partial charge in [-0.15, -0.1) is 0 Å². The van der Waals surface area contributed by atoms with E-state index in [1.54, 1.807) is 6.20 Å². The van der Waals surface area contributed by atoms with Gasteiger partial charge in [-0.05, 0) is 30.9 Å². The molecule has 2 N–H and O–H groups in total. The predicted octanol–water partition coefficient (Wildman–Crippen LogP) is 0.745. The molecule has 80 valence electrons. The Morgan fingerprint density at radius 1 is 1.67 bits per heavy atom. The molecule has 1 aromatic rings. The average Bonchev–Trinajstić information content (AvgIpc) is 2.28. The highest BCUT2D eigenvalue weighted by molar-refractivity contribution is 5.82. The number of nitrogens with two attached hydrogens (primary N) is 1. The van der Waals surface area contributed by atoms with Crippen molar-refractivity contribution in [3.8, 4) is 0 Å². The lowest BCUT2D eigenvalue weighted by Gasteiger charge is -2.31. The highest BCUT2D eigenvalue weighted by atomic mass is 16.5. The Hall–Kier alpha value is -1.42. The van der Waals surface area contributed by atoms with Crippen LogP contribution in [0.2, 0.25) is 0 Å². The van der Waals surface area contributed by atoms with Crippen molar-refractivity contribution >= 4 is 5.97 Å². The zero-order chi connectivity index (χ0) is 10.9. The number of carbonyl (C=O) groups is 1. The van der Waals surface area contributed by atoms with E-state index in [1.165, 1.54) is 7.11 Å². The number of nitrogens with zero attached hydrogens (tertiary/aromatic N) is 1. The molecule has 4 nitrogen and oxygen atoms in total. The van der Waals surface area contributed by atoms with Crippen LogP contribution in [0.3, 0.4) is 0 Å². The number of methoxy groups -OCH3 is 1. The Bertz CT molecular complexity index is 392. The van der Waals surface area contributed by atoms with E-state index < -0.39 is 11.5 Å². The minimum atomic E-state index is -1.05. The summed E-state index contributed by atoms with van der Waals surface area (Å²) in [6, 6.07) is 3.83. The zero-order valence-corrected chi connectivity index (χ0v) is 8.69. The van der Waals surface area contributed by atoms with Crippen molar-refractivity contribution in [2.24, 2.45) is 5.73 Å². The molecule has 0 radical (unpaired) electrons. The van der Waals surface area contributed by atoms with Crippen LogP contribution in [0.5, 0.6) is 0 Å². The summed E-state index contributed by atoms with van der Waals surface area (Å²) >= 11 is 0. The molecule has 0 aromatic carbocycles. The zero-order valence-electron chi connectivity index (χ0n) is 8.69. The number of fused-ring (bicyclic) bond motifs is 1. The molecule has 0 aliphatic heterocycles. The van der Waals surface area contributed by atoms with E-state index in [0.717, 1.165) is 18.4 Å². The maximum Gasteiger partial charge on any atom is 0.332 e. The molecule has 1 atom stereocenters. The monoisotopic (exact) mass is 206 g/mol. The van der Waals surface area contributed by atoms with Gasteiger partial charge in [-0.3, -0.25) is 4.98 Å². The smallest absolute Gasteiger partial charge is 0.332 e. The van der Waals surface area contributed by atoms with Crippen molar-refractivity contribution in [2.45, 2.75) is 24.8 Å². The summed E-state index contributed by atoms with van der Waals surface area (Å²) in [5.74, 6) is -0.401. The number of pyridine rings is 1. The molecule has 0 amide bonds. The van der Waals surface area contributed by atoms with E-state index in [-0.39, 0.29) is 0 Å². The van der Waals surface area contributed by atoms with Gasteiger partial charge in [-0.2, -0.15) is 0 Å². The predicted molar refractivity (Wildman–Crippen MR) is 55.1 cm³/mol. The molecule has 1 unspecified atom stereocenters. The lowest BCUT2D eigenvalue weighted by molar-refractivity contribution is -0.148. The van der Waals surface area contributed by atoms with Crippen LogP contribution in [0.15, 0.2) is 18.3 Å². The lowest BCUT2D eigenvalue weighted by Crippen LogP contribution is -2.48. The van der Waals surface area contributed by atoms with E-state index in [2.05, 4.69) is 4.98 Å². The minimum absolute atomic E-state index is 0.401. The molecular weight excluding hydrogens is 192 g/mol. The van der Waals surface area contributed by atoms with Crippen molar-refractivity contribution < 1.29 is 9.53 Å². The minimum Gasteiger partial charge on any atom is -0.467 e. The number of rotatable bonds is 1. The standard InChI is InChI=1S/C11H14N2O2/c1-15-10(14)11(12)6-2-4-8-5-3-7-13-9(8)11/h3,5,7H,2,4,6,12H2,1H3. The van der Waals surface area contributed by atoms with Crippen molar-refractivity contribution in [3.63, 3.8) is 0 Å². The summed E-state index contributed by atoms with van der Waals surface area (Å²) in [6.45, 7) is 0. The Balaban J connectivity index is 2.49. The van der Waals surface area contributed by atoms with Gasteiger partial charge in [0.25, 0.3) is 0 Å². The van der Waals surface area contributed by atoms with Gasteiger partial charge in [0, 0.05) is 6.20 Å². The maximum absolute atomic E-state index is 11.7. The fourth-order valence-electron chi connectivity index (χ4n) is 2.10. The summed E-state index contributed by atoms with van der Waals surface area (Å²) in [7, 11) is 1.36. The van der Waals surface area contributed by atoms with Gasteiger partial charge in [-0.1, -0.05) is 6.07 Å². The molecule has 1 aliphatic rings. The van der Waals surface area contributed by atoms with Crippen LogP contribution in [0, 0.1) is 0 Å². The number of hydrogen-bond acceptors (Lipinski definition) is 4. The average molecular weight is 206 g/mol. The van der Waals surface area contributed by atoms with Crippen molar-refractivity contribution in [1.82, 2.24) is 4.98 Å². The second-order valence-electron chi connectivity index (χ2n) is 3.83. The Kier molecular flexibility index (Phi) is 2.44. The molecule has 4 heteroatoms. The first-order valence-electron chi connectivity index (χ1n) is 5.00. The normalized spacial score (nSPS) is 24.4. The molecule has 0 saturated heterocycles. The fraction of sp³-hybridized carbons (Fsp3) is 0.455. The van der Waals surface area contributed by atoms with E-state index >= 15 is 0 Å². The second kappa shape index (κ2) is 3.62. The topological polar surface area (TPSA) is 65.2 Å². The summed E-state index contributed by atoms with van der Waals surface area (Å²) in [5.41, 5.74) is 6.76. The largest absolute Gasteiger partial charge is 0.467 e. The van der Waals surface area contributed by atoms with Crippen LogP contribution in [0.4, 0.5) is 0 Å². The number of esters is 1. The summed E-state index contributed by atoms with van der Waals surface area (Å²) in [6.07, 6.45) is 4.09. The van der Waals surface area contributed by atoms with Gasteiger partial charge in [0.1, 0.15) is 0 Å². The third kappa shape index (κ3) is 1.51. The van der Waals surface area contributed by atoms with Gasteiger partial charge in [0.2, 0.25) is 0 Å². The van der Waals surface area contributed by atoms with Crippen molar-refractivity contribution in [3.05, 3.63) is 29.6 Å². The van der Waals surface area contributed by atoms with E-state index in [0.29, 0.717) is 12.1 Å². The Labute approximate surface area is 88.4 Å². The molecule has 1 aliphatic carbocycles. The van der Waals surface area contributed by atoms with Gasteiger partial charge >= 0.3 is 5.97 Å². The molecule has 1 aromatic heterocycles. The molecular formula is C11H14N2O2. The maximum atomic E-state index is 11.7. The lowest BCUT2D eigenvalue weighted by atomic mass is 9.81. The first kappa shape index (κ1) is 10.1. The molecule has 0 spiro atoms. The third-order valence-corrected chi connectivity index (χ3v) is 2.88. The number of ether oxygens (including phenoxy) is 1. The molecule has 0 saturated carbocycles. The highest BCUT2D eigenvalue weighted by Crippen LogP contribution is 2.32. The van der Waals surface area contributed by atoms with Crippen LogP contribution in [0.1, 0.15) is 24.1 Å². The summed E-state index contributed by atoms with van der Waals surface area (Å²) in [4.78, 5) is 15.9. The van der Waals surface area contributed by atoms with E-state index in [9.17, 15) is 4.79 Å². The second-order valence-corrected chi connectivity index (χ2v) is 3.83. The number of aromatic nitrogens is 1. The van der Waals surface area contributed by atoms with Crippen LogP contribution in [0.25, 0.3) is 0 Å². The van der Waals surface area contributed by atoms with Gasteiger partial charge < -0.3 is 10.5 Å². The quantitative estimate of drug-likeness (QED) is 0.688. The van der Waals surface area contributed by atoms with Crippen LogP contribution in [-0.2, 0) is 21.5 Å². The number of aryl methyl sites for hydroxylation is 1. The van der Waals surface area contributed by atoms with Crippen molar-refractivity contribution in [2.75, 3.05) is 7.11 Å². The molecule has 0 bridgehead atoms. The molecule has 0 fully saturated rings. The van der Waals surface area contributed by atoms with Gasteiger partial charge in [0.05, 0.1) is 12.8 Å². The Morgan fingerprint density at radius 2 is 2.47 bits per heavy atom. The molecule has 1 heterocycles. The first-order valence-corrected chi connectivity index (χ1v) is 5.00. The fourth-order valence-corrected chi connectivity index (χ4v) is 2.10. The van der Waals surface area contributed by atoms with Gasteiger partial charge in [0.15, 0.2) is 5.54 Å². The third-order valence-electron chi connectivity index (χ3n) is 2.88. The van der Waals surface area contributed by atoms with Crippen molar-refractivity contribution in [1.29, 1.82) is 0 Å².